The number of hydrogen-bond acceptors (Lipinski definition) is 4. The number of nitrogens with zero attached hydrogens (tertiary/aromatic N) is 3. The van der Waals surface area contributed by atoms with E-state index in [0.717, 1.165) is 12.0 Å². The fraction of sp³-hybridized carbons (Fsp3) is 0.429. The van der Waals surface area contributed by atoms with Crippen LogP contribution in [0.5, 0.6) is 0 Å². The van der Waals surface area contributed by atoms with Crippen LogP contribution >= 0.6 is 0 Å². The first-order valence-electron chi connectivity index (χ1n) is 9.68. The van der Waals surface area contributed by atoms with Crippen LogP contribution in [0.25, 0.3) is 0 Å². The molecule has 4 rings (SSSR count). The summed E-state index contributed by atoms with van der Waals surface area (Å²) in [4.78, 5) is 19.1. The second kappa shape index (κ2) is 6.97. The van der Waals surface area contributed by atoms with Gasteiger partial charge in [0.1, 0.15) is 0 Å². The van der Waals surface area contributed by atoms with E-state index in [0.29, 0.717) is 42.4 Å². The molecule has 1 aromatic heterocycles. The summed E-state index contributed by atoms with van der Waals surface area (Å²) in [5.74, 6) is 0.316. The smallest absolute Gasteiger partial charge is 0.254 e. The van der Waals surface area contributed by atoms with E-state index in [1.54, 1.807) is 45.9 Å². The Morgan fingerprint density at radius 2 is 1.89 bits per heavy atom. The van der Waals surface area contributed by atoms with E-state index < -0.39 is 15.6 Å². The molecule has 0 saturated carbocycles. The Balaban J connectivity index is 1.72. The highest BCUT2D eigenvalue weighted by molar-refractivity contribution is 7.89. The van der Waals surface area contributed by atoms with Crippen LogP contribution in [0, 0.1) is 5.92 Å². The summed E-state index contributed by atoms with van der Waals surface area (Å²) in [6, 6.07) is 10.6. The summed E-state index contributed by atoms with van der Waals surface area (Å²) in [5, 5.41) is 0. The molecule has 1 atom stereocenters. The molecular weight excluding hydrogens is 374 g/mol. The summed E-state index contributed by atoms with van der Waals surface area (Å²) >= 11 is 0. The lowest BCUT2D eigenvalue weighted by atomic mass is 9.88. The molecule has 3 heterocycles. The number of carbonyl (C=O) groups excluding carboxylic acids is 1. The quantitative estimate of drug-likeness (QED) is 0.793. The van der Waals surface area contributed by atoms with Gasteiger partial charge in [-0.15, -0.1) is 0 Å². The van der Waals surface area contributed by atoms with Crippen molar-refractivity contribution in [3.8, 4) is 0 Å². The Hall–Kier alpha value is -2.25. The Morgan fingerprint density at radius 3 is 2.61 bits per heavy atom. The zero-order valence-corrected chi connectivity index (χ0v) is 17.0. The number of sulfonamides is 1. The van der Waals surface area contributed by atoms with E-state index in [9.17, 15) is 13.2 Å². The zero-order valence-electron chi connectivity index (χ0n) is 16.2. The number of aromatic nitrogens is 1. The molecule has 1 unspecified atom stereocenters. The molecule has 28 heavy (non-hydrogen) atoms. The molecule has 1 saturated heterocycles. The van der Waals surface area contributed by atoms with Gasteiger partial charge in [0.15, 0.2) is 0 Å². The van der Waals surface area contributed by atoms with Gasteiger partial charge in [0.25, 0.3) is 5.91 Å². The minimum absolute atomic E-state index is 0.0788. The lowest BCUT2D eigenvalue weighted by Crippen LogP contribution is -2.47. The number of likely N-dealkylation sites (tertiary alicyclic amines) is 1. The van der Waals surface area contributed by atoms with Crippen molar-refractivity contribution in [2.75, 3.05) is 19.6 Å². The van der Waals surface area contributed by atoms with Crippen molar-refractivity contribution in [2.24, 2.45) is 5.92 Å². The highest BCUT2D eigenvalue weighted by atomic mass is 32.2. The van der Waals surface area contributed by atoms with Gasteiger partial charge in [-0.1, -0.05) is 32.0 Å². The third-order valence-electron chi connectivity index (χ3n) is 5.81. The molecule has 2 aliphatic rings. The van der Waals surface area contributed by atoms with Crippen LogP contribution in [0.3, 0.4) is 0 Å². The maximum Gasteiger partial charge on any atom is 0.254 e. The van der Waals surface area contributed by atoms with Crippen LogP contribution in [0.4, 0.5) is 0 Å². The van der Waals surface area contributed by atoms with E-state index >= 15 is 0 Å². The summed E-state index contributed by atoms with van der Waals surface area (Å²) in [6.07, 6.45) is 4.60. The Labute approximate surface area is 166 Å². The normalized spacial score (nSPS) is 23.5. The lowest BCUT2D eigenvalue weighted by molar-refractivity contribution is 0.0763. The number of fused-ring (bicyclic) bond motifs is 2. The van der Waals surface area contributed by atoms with Crippen LogP contribution in [-0.2, 0) is 15.6 Å². The summed E-state index contributed by atoms with van der Waals surface area (Å²) in [6.45, 7) is 5.56. The average Bonchev–Trinajstić information content (AvgIpc) is 3.20. The first-order chi connectivity index (χ1) is 13.4. The second-order valence-electron chi connectivity index (χ2n) is 8.00. The third-order valence-corrected chi connectivity index (χ3v) is 7.83. The highest BCUT2D eigenvalue weighted by Crippen LogP contribution is 2.49. The Kier molecular flexibility index (Phi) is 4.75. The van der Waals surface area contributed by atoms with Crippen LogP contribution < -0.4 is 0 Å². The molecule has 0 aliphatic carbocycles. The van der Waals surface area contributed by atoms with Gasteiger partial charge >= 0.3 is 0 Å². The molecule has 1 amide bonds. The van der Waals surface area contributed by atoms with Crippen molar-refractivity contribution in [3.63, 3.8) is 0 Å². The molecule has 148 valence electrons. The third kappa shape index (κ3) is 2.93. The number of hydrogen-bond donors (Lipinski definition) is 0. The molecule has 0 bridgehead atoms. The molecule has 2 aromatic rings. The summed E-state index contributed by atoms with van der Waals surface area (Å²) < 4.78 is 28.3. The van der Waals surface area contributed by atoms with Gasteiger partial charge in [-0.2, -0.15) is 4.31 Å². The van der Waals surface area contributed by atoms with Crippen LogP contribution in [0.1, 0.15) is 42.6 Å². The molecular formula is C21H25N3O3S. The molecule has 6 nitrogen and oxygen atoms in total. The average molecular weight is 400 g/mol. The van der Waals surface area contributed by atoms with Crippen molar-refractivity contribution in [1.29, 1.82) is 0 Å². The van der Waals surface area contributed by atoms with Gasteiger partial charge in [-0.25, -0.2) is 8.42 Å². The Morgan fingerprint density at radius 1 is 1.18 bits per heavy atom. The van der Waals surface area contributed by atoms with Crippen molar-refractivity contribution in [3.05, 3.63) is 59.9 Å². The van der Waals surface area contributed by atoms with Crippen molar-refractivity contribution in [1.82, 2.24) is 14.2 Å². The number of amides is 1. The molecule has 1 aromatic carbocycles. The Bertz CT molecular complexity index is 991. The van der Waals surface area contributed by atoms with Gasteiger partial charge in [0.05, 0.1) is 10.4 Å². The largest absolute Gasteiger partial charge is 0.336 e. The van der Waals surface area contributed by atoms with Gasteiger partial charge in [-0.05, 0) is 42.5 Å². The molecule has 7 heteroatoms. The van der Waals surface area contributed by atoms with Crippen molar-refractivity contribution >= 4 is 15.9 Å². The maximum atomic E-state index is 13.3. The molecule has 2 aliphatic heterocycles. The van der Waals surface area contributed by atoms with Crippen molar-refractivity contribution in [2.45, 2.75) is 37.1 Å². The summed E-state index contributed by atoms with van der Waals surface area (Å²) in [7, 11) is -3.56. The molecule has 0 N–H and O–H groups in total. The first-order valence-corrected chi connectivity index (χ1v) is 11.1. The standard InChI is InChI=1S/C21H25N3O3S/c1-16(2)9-13-24-21(18-5-3-4-6-19(18)28(24,26)27)10-14-23(15-21)20(25)17-7-11-22-12-8-17/h3-8,11-12,16H,9-10,13-15H2,1-2H3. The van der Waals surface area contributed by atoms with E-state index in [-0.39, 0.29) is 5.91 Å². The molecule has 0 radical (unpaired) electrons. The SMILES string of the molecule is CC(C)CCN1C2(CCN(C(=O)c3ccncc3)C2)c2ccccc2S1(=O)=O. The van der Waals surface area contributed by atoms with Crippen LogP contribution in [0.2, 0.25) is 0 Å². The molecule has 1 fully saturated rings. The number of benzene rings is 1. The summed E-state index contributed by atoms with van der Waals surface area (Å²) in [5.41, 5.74) is 0.728. The topological polar surface area (TPSA) is 70.6 Å². The minimum Gasteiger partial charge on any atom is -0.336 e. The van der Waals surface area contributed by atoms with Crippen molar-refractivity contribution < 1.29 is 13.2 Å². The monoisotopic (exact) mass is 399 g/mol. The maximum absolute atomic E-state index is 13.3. The van der Waals surface area contributed by atoms with Gasteiger partial charge in [0, 0.05) is 37.6 Å². The first kappa shape index (κ1) is 19.1. The van der Waals surface area contributed by atoms with E-state index in [1.807, 2.05) is 12.1 Å². The number of pyridine rings is 1. The van der Waals surface area contributed by atoms with Crippen LogP contribution in [0.15, 0.2) is 53.7 Å². The lowest BCUT2D eigenvalue weighted by Gasteiger charge is -2.34. The zero-order chi connectivity index (χ0) is 19.9. The van der Waals surface area contributed by atoms with Crippen LogP contribution in [-0.4, -0.2) is 48.1 Å². The number of rotatable bonds is 4. The van der Waals surface area contributed by atoms with E-state index in [2.05, 4.69) is 18.8 Å². The predicted molar refractivity (Wildman–Crippen MR) is 106 cm³/mol. The van der Waals surface area contributed by atoms with E-state index in [1.165, 1.54) is 0 Å². The van der Waals surface area contributed by atoms with Gasteiger partial charge in [0.2, 0.25) is 10.0 Å². The van der Waals surface area contributed by atoms with Gasteiger partial charge < -0.3 is 4.90 Å². The van der Waals surface area contributed by atoms with Gasteiger partial charge in [-0.3, -0.25) is 9.78 Å². The fourth-order valence-corrected chi connectivity index (χ4v) is 6.41. The predicted octanol–water partition coefficient (Wildman–Crippen LogP) is 2.87. The highest BCUT2D eigenvalue weighted by Gasteiger charge is 2.57. The fourth-order valence-electron chi connectivity index (χ4n) is 4.34. The minimum atomic E-state index is -3.56. The molecule has 1 spiro atoms. The van der Waals surface area contributed by atoms with E-state index in [4.69, 9.17) is 0 Å². The number of carbonyl (C=O) groups is 1. The second-order valence-corrected chi connectivity index (χ2v) is 9.83.